The van der Waals surface area contributed by atoms with Gasteiger partial charge in [-0.15, -0.1) is 0 Å². The number of hydrogen-bond donors (Lipinski definition) is 0. The highest BCUT2D eigenvalue weighted by atomic mass is 16.3. The van der Waals surface area contributed by atoms with Crippen LogP contribution in [0.25, 0.3) is 165 Å². The van der Waals surface area contributed by atoms with Gasteiger partial charge in [0.15, 0.2) is 0 Å². The molecule has 2 aromatic heterocycles. The fraction of sp³-hybridized carbons (Fsp3) is 0. The zero-order valence-corrected chi connectivity index (χ0v) is 61.3. The predicted octanol–water partition coefficient (Wildman–Crippen LogP) is 30.9. The van der Waals surface area contributed by atoms with E-state index in [0.717, 1.165) is 123 Å². The van der Waals surface area contributed by atoms with E-state index in [2.05, 4.69) is 434 Å². The summed E-state index contributed by atoms with van der Waals surface area (Å²) in [6.07, 6.45) is 0. The number of furan rings is 2. The summed E-state index contributed by atoms with van der Waals surface area (Å²) in [4.78, 5) is 4.68. The summed E-state index contributed by atoms with van der Waals surface area (Å²) in [7, 11) is 0. The lowest BCUT2D eigenvalue weighted by Gasteiger charge is -2.26. The van der Waals surface area contributed by atoms with Crippen LogP contribution in [0, 0.1) is 0 Å². The first-order valence-electron chi connectivity index (χ1n) is 38.3. The van der Waals surface area contributed by atoms with E-state index in [1.54, 1.807) is 0 Å². The third-order valence-corrected chi connectivity index (χ3v) is 22.0. The molecule has 4 heteroatoms. The minimum absolute atomic E-state index is 0.901. The van der Waals surface area contributed by atoms with Gasteiger partial charge >= 0.3 is 0 Å². The van der Waals surface area contributed by atoms with E-state index >= 15 is 0 Å². The van der Waals surface area contributed by atoms with Crippen LogP contribution >= 0.6 is 0 Å². The number of rotatable bonds is 14. The second-order valence-electron chi connectivity index (χ2n) is 28.6. The van der Waals surface area contributed by atoms with Gasteiger partial charge in [-0.1, -0.05) is 364 Å². The molecule has 0 aliphatic carbocycles. The second kappa shape index (κ2) is 29.0. The van der Waals surface area contributed by atoms with Gasteiger partial charge in [-0.2, -0.15) is 0 Å². The third kappa shape index (κ3) is 12.5. The molecule has 0 N–H and O–H groups in total. The van der Waals surface area contributed by atoms with Crippen LogP contribution in [0.5, 0.6) is 0 Å². The van der Waals surface area contributed by atoms with Gasteiger partial charge in [0.05, 0.1) is 0 Å². The lowest BCUT2D eigenvalue weighted by atomic mass is 9.97. The van der Waals surface area contributed by atoms with Crippen LogP contribution < -0.4 is 9.80 Å². The fourth-order valence-electron chi connectivity index (χ4n) is 16.5. The van der Waals surface area contributed by atoms with E-state index in [1.807, 2.05) is 12.1 Å². The fourth-order valence-corrected chi connectivity index (χ4v) is 16.5. The average Bonchev–Trinajstić information content (AvgIpc) is 1.60. The highest BCUT2D eigenvalue weighted by Crippen LogP contribution is 2.46. The maximum Gasteiger partial charge on any atom is 0.143 e. The van der Waals surface area contributed by atoms with Gasteiger partial charge < -0.3 is 18.6 Å². The molecule has 0 aliphatic heterocycles. The van der Waals surface area contributed by atoms with Crippen molar-refractivity contribution in [3.05, 3.63) is 437 Å². The largest absolute Gasteiger partial charge is 0.455 e. The molecule has 0 bridgehead atoms. The molecule has 0 saturated heterocycles. The summed E-state index contributed by atoms with van der Waals surface area (Å²) >= 11 is 0. The Labute approximate surface area is 650 Å². The van der Waals surface area contributed by atoms with E-state index in [-0.39, 0.29) is 0 Å². The van der Waals surface area contributed by atoms with Crippen molar-refractivity contribution >= 4 is 110 Å². The summed E-state index contributed by atoms with van der Waals surface area (Å²) in [6.45, 7) is 0. The Hall–Kier alpha value is -14.8. The Kier molecular flexibility index (Phi) is 17.3. The number of benzene rings is 19. The molecule has 112 heavy (non-hydrogen) atoms. The molecule has 4 nitrogen and oxygen atoms in total. The van der Waals surface area contributed by atoms with Crippen LogP contribution in [-0.4, -0.2) is 0 Å². The van der Waals surface area contributed by atoms with Gasteiger partial charge in [-0.05, 0) is 172 Å². The third-order valence-electron chi connectivity index (χ3n) is 22.0. The summed E-state index contributed by atoms with van der Waals surface area (Å²) < 4.78 is 13.5. The van der Waals surface area contributed by atoms with Gasteiger partial charge in [0.2, 0.25) is 0 Å². The predicted molar refractivity (Wildman–Crippen MR) is 473 cm³/mol. The van der Waals surface area contributed by atoms with Crippen molar-refractivity contribution in [3.63, 3.8) is 0 Å². The Morgan fingerprint density at radius 3 is 0.580 bits per heavy atom. The molecule has 526 valence electrons. The minimum Gasteiger partial charge on any atom is -0.455 e. The van der Waals surface area contributed by atoms with E-state index < -0.39 is 0 Å². The SMILES string of the molecule is c1ccc(-c2ccc(N(c3ccc(-c4cccc5ccccc45)cc3)c3ccc(-c4cccc5c4oc4c(-c6ccccc6)cccc45)cc3)cc2)cc1.c1ccc(-c2cccc3c2oc2c(-c4ccc(N(c5ccc(-c6cccc7ccccc67)cc5)c5ccc(-c6cccc7ccccc67)cc5)cc4)cccc23)cc1. The Morgan fingerprint density at radius 1 is 0.125 bits per heavy atom. The quantitative estimate of drug-likeness (QED) is 0.109. The Bertz CT molecular complexity index is 6850. The van der Waals surface area contributed by atoms with Gasteiger partial charge in [0, 0.05) is 77.9 Å². The van der Waals surface area contributed by atoms with Gasteiger partial charge in [0.1, 0.15) is 22.3 Å². The topological polar surface area (TPSA) is 32.8 Å². The van der Waals surface area contributed by atoms with Crippen molar-refractivity contribution in [3.8, 4) is 89.0 Å². The zero-order chi connectivity index (χ0) is 74.3. The maximum atomic E-state index is 6.78. The van der Waals surface area contributed by atoms with Crippen LogP contribution in [0.3, 0.4) is 0 Å². The first-order valence-corrected chi connectivity index (χ1v) is 38.3. The highest BCUT2D eigenvalue weighted by Gasteiger charge is 2.22. The molecule has 21 aromatic rings. The molecule has 0 unspecified atom stereocenters. The van der Waals surface area contributed by atoms with Crippen molar-refractivity contribution in [1.82, 2.24) is 0 Å². The van der Waals surface area contributed by atoms with Crippen molar-refractivity contribution in [1.29, 1.82) is 0 Å². The molecule has 0 amide bonds. The van der Waals surface area contributed by atoms with E-state index in [4.69, 9.17) is 8.83 Å². The molecular weight excluding hydrogens is 1360 g/mol. The first kappa shape index (κ1) is 66.6. The van der Waals surface area contributed by atoms with Crippen molar-refractivity contribution in [2.45, 2.75) is 0 Å². The summed E-state index contributed by atoms with van der Waals surface area (Å²) in [5.74, 6) is 0. The number of anilines is 6. The number of hydrogen-bond acceptors (Lipinski definition) is 4. The average molecular weight is 1430 g/mol. The number of para-hydroxylation sites is 4. The molecule has 0 saturated carbocycles. The summed E-state index contributed by atoms with van der Waals surface area (Å²) in [5.41, 5.74) is 28.7. The zero-order valence-electron chi connectivity index (χ0n) is 61.3. The van der Waals surface area contributed by atoms with Crippen LogP contribution in [0.1, 0.15) is 0 Å². The van der Waals surface area contributed by atoms with Crippen molar-refractivity contribution in [2.24, 2.45) is 0 Å². The first-order chi connectivity index (χ1) is 55.5. The monoisotopic (exact) mass is 1430 g/mol. The van der Waals surface area contributed by atoms with E-state index in [9.17, 15) is 0 Å². The van der Waals surface area contributed by atoms with Crippen LogP contribution in [-0.2, 0) is 0 Å². The van der Waals surface area contributed by atoms with E-state index in [0.29, 0.717) is 0 Å². The molecule has 0 radical (unpaired) electrons. The summed E-state index contributed by atoms with van der Waals surface area (Å²) in [5, 5.41) is 12.0. The lowest BCUT2D eigenvalue weighted by molar-refractivity contribution is 0.670. The smallest absolute Gasteiger partial charge is 0.143 e. The Morgan fingerprint density at radius 2 is 0.304 bits per heavy atom. The highest BCUT2D eigenvalue weighted by molar-refractivity contribution is 6.15. The van der Waals surface area contributed by atoms with Gasteiger partial charge in [-0.25, -0.2) is 0 Å². The molecule has 2 heterocycles. The lowest BCUT2D eigenvalue weighted by Crippen LogP contribution is -2.09. The molecule has 0 spiro atoms. The molecule has 21 rings (SSSR count). The summed E-state index contributed by atoms with van der Waals surface area (Å²) in [6, 6.07) is 156. The second-order valence-corrected chi connectivity index (χ2v) is 28.6. The molecular formula is C108H72N2O2. The molecule has 19 aromatic carbocycles. The number of nitrogens with zero attached hydrogens (tertiary/aromatic N) is 2. The van der Waals surface area contributed by atoms with Crippen LogP contribution in [0.15, 0.2) is 446 Å². The van der Waals surface area contributed by atoms with Crippen molar-refractivity contribution < 1.29 is 8.83 Å². The van der Waals surface area contributed by atoms with Crippen LogP contribution in [0.2, 0.25) is 0 Å². The Balaban J connectivity index is 0.000000146. The standard InChI is InChI=1S/C56H37NO.C52H35NO/c1-2-12-40(13-3-1)51-22-10-24-53-54-25-11-23-52(56(54)58-55(51)53)43-30-36-46(37-31-43)57(44-32-26-41(27-33-44)49-20-8-16-38-14-4-6-18-47(38)49)45-34-28-42(29-35-45)50-21-9-17-39-15-5-7-19-48(39)50;1-3-12-36(13-4-1)37-24-30-42(31-25-37)53(43-32-26-40(27-33-43)46-19-9-17-38-16-7-8-18-45(38)46)44-34-28-41(29-35-44)48-21-11-23-50-49-22-10-20-47(51(49)54-52(48)50)39-14-5-2-6-15-39/h1-37H;1-35H. The van der Waals surface area contributed by atoms with Gasteiger partial charge in [-0.3, -0.25) is 0 Å². The van der Waals surface area contributed by atoms with Crippen LogP contribution in [0.4, 0.5) is 34.1 Å². The van der Waals surface area contributed by atoms with E-state index in [1.165, 1.54) is 76.8 Å². The molecule has 0 atom stereocenters. The van der Waals surface area contributed by atoms with Gasteiger partial charge in [0.25, 0.3) is 0 Å². The minimum atomic E-state index is 0.901. The normalized spacial score (nSPS) is 11.4. The molecule has 0 fully saturated rings. The van der Waals surface area contributed by atoms with Crippen molar-refractivity contribution in [2.75, 3.05) is 9.80 Å². The molecule has 0 aliphatic rings. The number of fused-ring (bicyclic) bond motifs is 9. The maximum absolute atomic E-state index is 6.78.